The molecule has 160 valence electrons. The average molecular weight is 426 g/mol. The molecule has 0 fully saturated rings. The number of hydrogen-bond donors (Lipinski definition) is 1. The Labute approximate surface area is 185 Å². The van der Waals surface area contributed by atoms with E-state index in [1.54, 1.807) is 11.0 Å². The van der Waals surface area contributed by atoms with E-state index in [0.29, 0.717) is 31.7 Å². The van der Waals surface area contributed by atoms with Crippen LogP contribution in [0.3, 0.4) is 0 Å². The van der Waals surface area contributed by atoms with E-state index in [4.69, 9.17) is 0 Å². The Morgan fingerprint density at radius 3 is 1.97 bits per heavy atom. The minimum atomic E-state index is -1.04. The molecule has 0 saturated heterocycles. The second-order valence-electron chi connectivity index (χ2n) is 8.48. The number of carboxylic acid groups (broad SMARTS) is 1. The number of rotatable bonds is 5. The first-order chi connectivity index (χ1) is 15.4. The number of aromatic carboxylic acids is 1. The number of hydrogen-bond acceptors (Lipinski definition) is 3. The molecule has 0 radical (unpaired) electrons. The van der Waals surface area contributed by atoms with Crippen LogP contribution in [0.15, 0.2) is 60.7 Å². The predicted molar refractivity (Wildman–Crippen MR) is 118 cm³/mol. The highest BCUT2D eigenvalue weighted by molar-refractivity contribution is 6.01. The highest BCUT2D eigenvalue weighted by Crippen LogP contribution is 2.27. The highest BCUT2D eigenvalue weighted by Gasteiger charge is 2.29. The van der Waals surface area contributed by atoms with Crippen LogP contribution in [0.2, 0.25) is 0 Å². The van der Waals surface area contributed by atoms with Gasteiger partial charge in [-0.1, -0.05) is 48.0 Å². The second kappa shape index (κ2) is 7.64. The van der Waals surface area contributed by atoms with Gasteiger partial charge in [0.05, 0.1) is 5.56 Å². The van der Waals surface area contributed by atoms with Crippen molar-refractivity contribution in [2.75, 3.05) is 0 Å². The zero-order valence-corrected chi connectivity index (χ0v) is 17.7. The van der Waals surface area contributed by atoms with Gasteiger partial charge in [-0.2, -0.15) is 0 Å². The summed E-state index contributed by atoms with van der Waals surface area (Å²) in [4.78, 5) is 40.4. The van der Waals surface area contributed by atoms with Crippen LogP contribution in [0.1, 0.15) is 58.9 Å². The zero-order chi connectivity index (χ0) is 22.4. The Hall–Kier alpha value is -3.93. The summed E-state index contributed by atoms with van der Waals surface area (Å²) in [6.45, 7) is 3.98. The molecule has 2 heterocycles. The summed E-state index contributed by atoms with van der Waals surface area (Å²) in [5, 5.41) is 9.19. The number of carbonyl (C=O) groups is 3. The molecule has 0 spiro atoms. The van der Waals surface area contributed by atoms with Gasteiger partial charge in [0.2, 0.25) is 0 Å². The first-order valence-corrected chi connectivity index (χ1v) is 10.5. The summed E-state index contributed by atoms with van der Waals surface area (Å²) in [5.41, 5.74) is 6.31. The summed E-state index contributed by atoms with van der Waals surface area (Å²) < 4.78 is 0. The molecule has 0 atom stereocenters. The van der Waals surface area contributed by atoms with Crippen molar-refractivity contribution in [3.8, 4) is 0 Å². The van der Waals surface area contributed by atoms with Crippen molar-refractivity contribution < 1.29 is 19.5 Å². The van der Waals surface area contributed by atoms with Gasteiger partial charge in [-0.15, -0.1) is 0 Å². The molecule has 5 rings (SSSR count). The minimum absolute atomic E-state index is 0.0495. The first-order valence-electron chi connectivity index (χ1n) is 10.5. The van der Waals surface area contributed by atoms with E-state index in [-0.39, 0.29) is 17.4 Å². The third-order valence-corrected chi connectivity index (χ3v) is 6.12. The van der Waals surface area contributed by atoms with E-state index in [1.807, 2.05) is 54.3 Å². The molecule has 0 unspecified atom stereocenters. The molecule has 32 heavy (non-hydrogen) atoms. The average Bonchev–Trinajstić information content (AvgIpc) is 3.24. The lowest BCUT2D eigenvalue weighted by atomic mass is 10.1. The molecule has 3 aromatic rings. The first kappa shape index (κ1) is 20.0. The van der Waals surface area contributed by atoms with Gasteiger partial charge in [-0.25, -0.2) is 4.79 Å². The Balaban J connectivity index is 1.30. The van der Waals surface area contributed by atoms with Crippen LogP contribution in [0.25, 0.3) is 0 Å². The Kier molecular flexibility index (Phi) is 4.78. The van der Waals surface area contributed by atoms with Crippen LogP contribution < -0.4 is 0 Å². The molecule has 2 aliphatic heterocycles. The normalized spacial score (nSPS) is 14.7. The maximum Gasteiger partial charge on any atom is 0.335 e. The summed E-state index contributed by atoms with van der Waals surface area (Å²) in [7, 11) is 0. The van der Waals surface area contributed by atoms with Gasteiger partial charge >= 0.3 is 5.97 Å². The van der Waals surface area contributed by atoms with Crippen molar-refractivity contribution in [3.05, 3.63) is 105 Å². The van der Waals surface area contributed by atoms with Gasteiger partial charge < -0.3 is 14.9 Å². The lowest BCUT2D eigenvalue weighted by molar-refractivity contribution is 0.0695. The number of benzene rings is 3. The molecular weight excluding hydrogens is 404 g/mol. The molecule has 6 nitrogen and oxygen atoms in total. The number of carbonyl (C=O) groups excluding carboxylic acids is 2. The predicted octanol–water partition coefficient (Wildman–Crippen LogP) is 4.01. The molecule has 2 amide bonds. The van der Waals surface area contributed by atoms with Crippen LogP contribution in [0.5, 0.6) is 0 Å². The fourth-order valence-corrected chi connectivity index (χ4v) is 4.49. The Morgan fingerprint density at radius 1 is 0.812 bits per heavy atom. The van der Waals surface area contributed by atoms with Gasteiger partial charge in [-0.3, -0.25) is 9.59 Å². The summed E-state index contributed by atoms with van der Waals surface area (Å²) in [5.74, 6) is -1.15. The van der Waals surface area contributed by atoms with Crippen LogP contribution in [0, 0.1) is 6.92 Å². The van der Waals surface area contributed by atoms with Gasteiger partial charge in [0.15, 0.2) is 0 Å². The summed E-state index contributed by atoms with van der Waals surface area (Å²) >= 11 is 0. The van der Waals surface area contributed by atoms with E-state index in [1.165, 1.54) is 12.1 Å². The highest BCUT2D eigenvalue weighted by atomic mass is 16.4. The minimum Gasteiger partial charge on any atom is -0.478 e. The smallest absolute Gasteiger partial charge is 0.335 e. The van der Waals surface area contributed by atoms with Gasteiger partial charge in [-0.05, 0) is 47.4 Å². The number of fused-ring (bicyclic) bond motifs is 2. The third kappa shape index (κ3) is 3.54. The largest absolute Gasteiger partial charge is 0.478 e. The van der Waals surface area contributed by atoms with E-state index >= 15 is 0 Å². The molecule has 0 aliphatic carbocycles. The van der Waals surface area contributed by atoms with E-state index in [0.717, 1.165) is 33.4 Å². The van der Waals surface area contributed by atoms with Crippen molar-refractivity contribution in [3.63, 3.8) is 0 Å². The van der Waals surface area contributed by atoms with Crippen LogP contribution in [-0.4, -0.2) is 32.7 Å². The Morgan fingerprint density at radius 2 is 1.38 bits per heavy atom. The van der Waals surface area contributed by atoms with Crippen LogP contribution in [0.4, 0.5) is 0 Å². The molecule has 1 N–H and O–H groups in total. The maximum absolute atomic E-state index is 12.8. The number of carboxylic acids is 1. The number of amides is 2. The number of nitrogens with zero attached hydrogens (tertiary/aromatic N) is 2. The zero-order valence-electron chi connectivity index (χ0n) is 17.7. The SMILES string of the molecule is Cc1ccc2c(c1)C(=O)N(Cc1cccc(CN3Cc4ccc(C(=O)O)cc4C3=O)c1)C2. The van der Waals surface area contributed by atoms with Crippen LogP contribution in [-0.2, 0) is 26.2 Å². The van der Waals surface area contributed by atoms with E-state index < -0.39 is 5.97 Å². The second-order valence-corrected chi connectivity index (χ2v) is 8.48. The maximum atomic E-state index is 12.8. The fourth-order valence-electron chi connectivity index (χ4n) is 4.49. The van der Waals surface area contributed by atoms with Gasteiger partial charge in [0.1, 0.15) is 0 Å². The van der Waals surface area contributed by atoms with Crippen molar-refractivity contribution in [1.82, 2.24) is 9.80 Å². The monoisotopic (exact) mass is 426 g/mol. The lowest BCUT2D eigenvalue weighted by Crippen LogP contribution is -2.24. The quantitative estimate of drug-likeness (QED) is 0.669. The van der Waals surface area contributed by atoms with Crippen molar-refractivity contribution in [2.45, 2.75) is 33.1 Å². The van der Waals surface area contributed by atoms with Crippen LogP contribution >= 0.6 is 0 Å². The Bertz CT molecular complexity index is 1280. The molecule has 2 aliphatic rings. The van der Waals surface area contributed by atoms with Gasteiger partial charge in [0.25, 0.3) is 11.8 Å². The number of aryl methyl sites for hydroxylation is 1. The van der Waals surface area contributed by atoms with E-state index in [2.05, 4.69) is 0 Å². The summed E-state index contributed by atoms with van der Waals surface area (Å²) in [6, 6.07) is 18.6. The third-order valence-electron chi connectivity index (χ3n) is 6.12. The van der Waals surface area contributed by atoms with Crippen molar-refractivity contribution >= 4 is 17.8 Å². The fraction of sp³-hybridized carbons (Fsp3) is 0.192. The molecule has 0 saturated carbocycles. The molecule has 6 heteroatoms. The standard InChI is InChI=1S/C26H22N2O4/c1-16-5-6-20-14-27(24(29)22(20)9-16)12-17-3-2-4-18(10-17)13-28-15-21-8-7-19(26(31)32)11-23(21)25(28)30/h2-11H,12-15H2,1H3,(H,31,32). The van der Waals surface area contributed by atoms with E-state index in [9.17, 15) is 19.5 Å². The van der Waals surface area contributed by atoms with Crippen molar-refractivity contribution in [1.29, 1.82) is 0 Å². The van der Waals surface area contributed by atoms with Gasteiger partial charge in [0, 0.05) is 37.3 Å². The topological polar surface area (TPSA) is 77.9 Å². The molecule has 0 aromatic heterocycles. The summed E-state index contributed by atoms with van der Waals surface area (Å²) in [6.07, 6.45) is 0. The molecule has 0 bridgehead atoms. The molecule has 3 aromatic carbocycles. The van der Waals surface area contributed by atoms with Crippen molar-refractivity contribution in [2.24, 2.45) is 0 Å². The molecular formula is C26H22N2O4. The lowest BCUT2D eigenvalue weighted by Gasteiger charge is -2.18.